The Balaban J connectivity index is 3.48. The van der Waals surface area contributed by atoms with E-state index in [-0.39, 0.29) is 11.4 Å². The van der Waals surface area contributed by atoms with Crippen LogP contribution in [0.4, 0.5) is 0 Å². The van der Waals surface area contributed by atoms with Crippen molar-refractivity contribution in [3.05, 3.63) is 27.5 Å². The molecule has 0 aliphatic carbocycles. The van der Waals surface area contributed by atoms with Gasteiger partial charge in [0.1, 0.15) is 0 Å². The zero-order valence-electron chi connectivity index (χ0n) is 5.92. The molecule has 0 aliphatic heterocycles. The van der Waals surface area contributed by atoms with Crippen molar-refractivity contribution in [3.8, 4) is 5.88 Å². The molecular formula is C7H7NO3. The number of aldehydes is 1. The van der Waals surface area contributed by atoms with Crippen LogP contribution in [0.15, 0.2) is 10.9 Å². The summed E-state index contributed by atoms with van der Waals surface area (Å²) in [6.45, 7) is 1.58. The highest BCUT2D eigenvalue weighted by atomic mass is 16.3. The van der Waals surface area contributed by atoms with E-state index >= 15 is 0 Å². The number of pyridine rings is 1. The van der Waals surface area contributed by atoms with Crippen molar-refractivity contribution < 1.29 is 9.90 Å². The van der Waals surface area contributed by atoms with E-state index in [0.29, 0.717) is 11.8 Å². The highest BCUT2D eigenvalue weighted by molar-refractivity contribution is 5.80. The van der Waals surface area contributed by atoms with Crippen molar-refractivity contribution in [2.75, 3.05) is 0 Å². The number of rotatable bonds is 1. The second kappa shape index (κ2) is 2.57. The first-order valence-electron chi connectivity index (χ1n) is 3.03. The molecule has 0 fully saturated rings. The molecule has 0 radical (unpaired) electrons. The molecule has 58 valence electrons. The van der Waals surface area contributed by atoms with Gasteiger partial charge in [-0.05, 0) is 12.5 Å². The predicted octanol–water partition coefficient (Wildman–Crippen LogP) is 0.201. The molecule has 1 heterocycles. The third-order valence-electron chi connectivity index (χ3n) is 1.39. The third kappa shape index (κ3) is 1.29. The maximum Gasteiger partial charge on any atom is 0.250 e. The Kier molecular flexibility index (Phi) is 1.76. The Morgan fingerprint density at radius 1 is 1.64 bits per heavy atom. The number of hydrogen-bond donors (Lipinski definition) is 2. The van der Waals surface area contributed by atoms with Crippen LogP contribution in [0.25, 0.3) is 0 Å². The van der Waals surface area contributed by atoms with Crippen molar-refractivity contribution in [2.24, 2.45) is 0 Å². The van der Waals surface area contributed by atoms with Crippen LogP contribution in [0.1, 0.15) is 15.9 Å². The number of aromatic hydroxyl groups is 1. The highest BCUT2D eigenvalue weighted by Gasteiger charge is 2.03. The van der Waals surface area contributed by atoms with E-state index < -0.39 is 5.56 Å². The summed E-state index contributed by atoms with van der Waals surface area (Å²) in [5.41, 5.74) is 0.191. The molecule has 1 aromatic heterocycles. The summed E-state index contributed by atoms with van der Waals surface area (Å²) in [7, 11) is 0. The van der Waals surface area contributed by atoms with Gasteiger partial charge in [0, 0.05) is 6.07 Å². The molecular weight excluding hydrogens is 146 g/mol. The maximum absolute atomic E-state index is 10.6. The number of H-pyrrole nitrogens is 1. The van der Waals surface area contributed by atoms with Crippen LogP contribution in [0.5, 0.6) is 5.88 Å². The Morgan fingerprint density at radius 3 is 2.73 bits per heavy atom. The van der Waals surface area contributed by atoms with Crippen LogP contribution < -0.4 is 5.56 Å². The fourth-order valence-corrected chi connectivity index (χ4v) is 0.830. The summed E-state index contributed by atoms with van der Waals surface area (Å²) in [6, 6.07) is 1.25. The number of nitrogens with one attached hydrogen (secondary N) is 1. The zero-order chi connectivity index (χ0) is 8.43. The maximum atomic E-state index is 10.6. The lowest BCUT2D eigenvalue weighted by Crippen LogP contribution is -2.06. The molecule has 0 aromatic carbocycles. The molecule has 0 unspecified atom stereocenters. The smallest absolute Gasteiger partial charge is 0.250 e. The Hall–Kier alpha value is -1.58. The second-order valence-electron chi connectivity index (χ2n) is 2.20. The predicted molar refractivity (Wildman–Crippen MR) is 38.9 cm³/mol. The summed E-state index contributed by atoms with van der Waals surface area (Å²) in [4.78, 5) is 23.0. The molecule has 0 bridgehead atoms. The van der Waals surface area contributed by atoms with Gasteiger partial charge in [0.05, 0.1) is 5.56 Å². The molecule has 11 heavy (non-hydrogen) atoms. The van der Waals surface area contributed by atoms with Gasteiger partial charge in [-0.1, -0.05) is 0 Å². The van der Waals surface area contributed by atoms with E-state index in [4.69, 9.17) is 5.11 Å². The summed E-state index contributed by atoms with van der Waals surface area (Å²) in [6.07, 6.45) is 0.501. The molecule has 0 aliphatic rings. The normalized spacial score (nSPS) is 9.55. The first-order valence-corrected chi connectivity index (χ1v) is 3.03. The monoisotopic (exact) mass is 153 g/mol. The molecule has 0 saturated heterocycles. The van der Waals surface area contributed by atoms with Gasteiger partial charge >= 0.3 is 0 Å². The molecule has 2 N–H and O–H groups in total. The quantitative estimate of drug-likeness (QED) is 0.566. The minimum absolute atomic E-state index is 0.129. The number of carbonyl (C=O) groups excluding carboxylic acids is 1. The van der Waals surface area contributed by atoms with Gasteiger partial charge in [0.2, 0.25) is 5.88 Å². The van der Waals surface area contributed by atoms with Crippen molar-refractivity contribution in [1.82, 2.24) is 4.98 Å². The van der Waals surface area contributed by atoms with Crippen LogP contribution >= 0.6 is 0 Å². The van der Waals surface area contributed by atoms with Gasteiger partial charge in [0.15, 0.2) is 6.29 Å². The van der Waals surface area contributed by atoms with Crippen LogP contribution in [-0.2, 0) is 0 Å². The average molecular weight is 153 g/mol. The van der Waals surface area contributed by atoms with Crippen LogP contribution in [0.3, 0.4) is 0 Å². The van der Waals surface area contributed by atoms with Gasteiger partial charge in [0.25, 0.3) is 5.56 Å². The minimum Gasteiger partial charge on any atom is -0.494 e. The molecule has 0 atom stereocenters. The largest absolute Gasteiger partial charge is 0.494 e. The highest BCUT2D eigenvalue weighted by Crippen LogP contribution is 2.11. The number of carbonyl (C=O) groups is 1. The molecule has 4 heteroatoms. The summed E-state index contributed by atoms with van der Waals surface area (Å²) >= 11 is 0. The molecule has 1 rings (SSSR count). The van der Waals surface area contributed by atoms with Crippen molar-refractivity contribution in [2.45, 2.75) is 6.92 Å². The lowest BCUT2D eigenvalue weighted by atomic mass is 10.2. The van der Waals surface area contributed by atoms with E-state index in [9.17, 15) is 9.59 Å². The van der Waals surface area contributed by atoms with Gasteiger partial charge in [-0.2, -0.15) is 0 Å². The SMILES string of the molecule is Cc1cc(=O)[nH]c(O)c1C=O. The Labute approximate surface area is 62.5 Å². The van der Waals surface area contributed by atoms with Gasteiger partial charge < -0.3 is 5.11 Å². The first kappa shape index (κ1) is 7.53. The number of aromatic nitrogens is 1. The second-order valence-corrected chi connectivity index (χ2v) is 2.20. The van der Waals surface area contributed by atoms with Gasteiger partial charge in [-0.3, -0.25) is 14.6 Å². The third-order valence-corrected chi connectivity index (χ3v) is 1.39. The lowest BCUT2D eigenvalue weighted by Gasteiger charge is -1.98. The molecule has 1 aromatic rings. The van der Waals surface area contributed by atoms with Crippen molar-refractivity contribution >= 4 is 6.29 Å². The van der Waals surface area contributed by atoms with Gasteiger partial charge in [-0.25, -0.2) is 0 Å². The first-order chi connectivity index (χ1) is 5.15. The van der Waals surface area contributed by atoms with Gasteiger partial charge in [-0.15, -0.1) is 0 Å². The minimum atomic E-state index is -0.411. The summed E-state index contributed by atoms with van der Waals surface area (Å²) < 4.78 is 0. The van der Waals surface area contributed by atoms with Crippen molar-refractivity contribution in [1.29, 1.82) is 0 Å². The van der Waals surface area contributed by atoms with Crippen LogP contribution in [0, 0.1) is 6.92 Å². The number of aryl methyl sites for hydroxylation is 1. The number of aromatic amines is 1. The van der Waals surface area contributed by atoms with E-state index in [1.165, 1.54) is 6.07 Å². The van der Waals surface area contributed by atoms with Crippen LogP contribution in [0.2, 0.25) is 0 Å². The van der Waals surface area contributed by atoms with E-state index in [0.717, 1.165) is 0 Å². The molecule has 0 saturated carbocycles. The molecule has 0 spiro atoms. The standard InChI is InChI=1S/C7H7NO3/c1-4-2-6(10)8-7(11)5(4)3-9/h2-3H,1H3,(H2,8,10,11). The summed E-state index contributed by atoms with van der Waals surface area (Å²) in [5, 5.41) is 8.99. The fourth-order valence-electron chi connectivity index (χ4n) is 0.830. The van der Waals surface area contributed by atoms with Crippen molar-refractivity contribution in [3.63, 3.8) is 0 Å². The average Bonchev–Trinajstić information content (AvgIpc) is 1.85. The Bertz CT molecular complexity index is 314. The lowest BCUT2D eigenvalue weighted by molar-refractivity contribution is 0.111. The molecule has 0 amide bonds. The van der Waals surface area contributed by atoms with E-state index in [1.807, 2.05) is 0 Å². The molecule has 4 nitrogen and oxygen atoms in total. The topological polar surface area (TPSA) is 70.2 Å². The summed E-state index contributed by atoms with van der Waals surface area (Å²) in [5.74, 6) is -0.370. The van der Waals surface area contributed by atoms with Crippen LogP contribution in [-0.4, -0.2) is 16.4 Å². The van der Waals surface area contributed by atoms with E-state index in [2.05, 4.69) is 4.98 Å². The Morgan fingerprint density at radius 2 is 2.27 bits per heavy atom. The fraction of sp³-hybridized carbons (Fsp3) is 0.143. The zero-order valence-corrected chi connectivity index (χ0v) is 5.92. The number of hydrogen-bond acceptors (Lipinski definition) is 3. The van der Waals surface area contributed by atoms with E-state index in [1.54, 1.807) is 6.92 Å².